The molecule has 1 aromatic carbocycles. The van der Waals surface area contributed by atoms with Gasteiger partial charge in [-0.25, -0.2) is 9.97 Å². The highest BCUT2D eigenvalue weighted by Crippen LogP contribution is 2.30. The number of pyridine rings is 2. The van der Waals surface area contributed by atoms with E-state index in [2.05, 4.69) is 60.2 Å². The number of oxazole rings is 1. The second kappa shape index (κ2) is 8.64. The number of aromatic nitrogens is 3. The number of benzene rings is 1. The fourth-order valence-electron chi connectivity index (χ4n) is 5.01. The van der Waals surface area contributed by atoms with Crippen LogP contribution < -0.4 is 10.2 Å². The number of nitrogens with zero attached hydrogens (tertiary/aromatic N) is 5. The quantitative estimate of drug-likeness (QED) is 0.476. The Kier molecular flexibility index (Phi) is 5.46. The van der Waals surface area contributed by atoms with Crippen molar-refractivity contribution in [1.82, 2.24) is 25.2 Å². The van der Waals surface area contributed by atoms with Crippen molar-refractivity contribution in [2.45, 2.75) is 45.2 Å². The average Bonchev–Trinajstić information content (AvgIpc) is 3.26. The highest BCUT2D eigenvalue weighted by atomic mass is 16.3. The molecule has 6 rings (SSSR count). The number of anilines is 1. The monoisotopic (exact) mass is 456 g/mol. The van der Waals surface area contributed by atoms with Gasteiger partial charge in [-0.1, -0.05) is 13.8 Å². The summed E-state index contributed by atoms with van der Waals surface area (Å²) in [6.07, 6.45) is 2.99. The summed E-state index contributed by atoms with van der Waals surface area (Å²) in [5.41, 5.74) is 6.68. The van der Waals surface area contributed by atoms with E-state index in [4.69, 9.17) is 19.4 Å². The molecule has 2 atom stereocenters. The van der Waals surface area contributed by atoms with E-state index < -0.39 is 0 Å². The molecular formula is C27H32N6O. The van der Waals surface area contributed by atoms with Crippen molar-refractivity contribution in [2.75, 3.05) is 37.6 Å². The summed E-state index contributed by atoms with van der Waals surface area (Å²) in [6, 6.07) is 13.6. The van der Waals surface area contributed by atoms with Crippen LogP contribution in [0.4, 0.5) is 5.69 Å². The summed E-state index contributed by atoms with van der Waals surface area (Å²) in [5.74, 6) is 1.12. The molecule has 2 aliphatic heterocycles. The topological polar surface area (TPSA) is 70.3 Å². The predicted molar refractivity (Wildman–Crippen MR) is 136 cm³/mol. The highest BCUT2D eigenvalue weighted by molar-refractivity contribution is 5.84. The molecule has 7 nitrogen and oxygen atoms in total. The van der Waals surface area contributed by atoms with Crippen molar-refractivity contribution in [3.05, 3.63) is 48.5 Å². The molecule has 176 valence electrons. The number of piperazine rings is 1. The smallest absolute Gasteiger partial charge is 0.198 e. The lowest BCUT2D eigenvalue weighted by Crippen LogP contribution is -2.64. The van der Waals surface area contributed by atoms with E-state index in [9.17, 15) is 0 Å². The van der Waals surface area contributed by atoms with Crippen molar-refractivity contribution in [1.29, 1.82) is 0 Å². The molecule has 0 amide bonds. The van der Waals surface area contributed by atoms with Gasteiger partial charge >= 0.3 is 0 Å². The van der Waals surface area contributed by atoms with Crippen LogP contribution in [0.15, 0.2) is 47.0 Å². The minimum atomic E-state index is 0.315. The Morgan fingerprint density at radius 2 is 1.94 bits per heavy atom. The van der Waals surface area contributed by atoms with Gasteiger partial charge in [-0.05, 0) is 49.7 Å². The molecule has 0 radical (unpaired) electrons. The molecule has 3 aromatic heterocycles. The molecule has 2 unspecified atom stereocenters. The van der Waals surface area contributed by atoms with Crippen molar-refractivity contribution in [2.24, 2.45) is 0 Å². The molecule has 0 saturated carbocycles. The van der Waals surface area contributed by atoms with Gasteiger partial charge in [0.05, 0.1) is 28.6 Å². The molecule has 2 saturated heterocycles. The van der Waals surface area contributed by atoms with E-state index in [-0.39, 0.29) is 0 Å². The SMILES string of the molecule is CCC(C)c1nc2cc(-c3ccc4ncc(N5CC(N6CCNC(C)C6)C5)cc4n3)ccc2o1. The summed E-state index contributed by atoms with van der Waals surface area (Å²) in [5, 5.41) is 3.53. The zero-order chi connectivity index (χ0) is 23.2. The zero-order valence-corrected chi connectivity index (χ0v) is 20.2. The first-order chi connectivity index (χ1) is 16.6. The molecular weight excluding hydrogens is 424 g/mol. The summed E-state index contributed by atoms with van der Waals surface area (Å²) < 4.78 is 5.95. The molecule has 34 heavy (non-hydrogen) atoms. The van der Waals surface area contributed by atoms with Crippen LogP contribution in [0.25, 0.3) is 33.4 Å². The highest BCUT2D eigenvalue weighted by Gasteiger charge is 2.33. The van der Waals surface area contributed by atoms with E-state index in [0.29, 0.717) is 18.0 Å². The number of nitrogens with one attached hydrogen (secondary N) is 1. The number of fused-ring (bicyclic) bond motifs is 2. The van der Waals surface area contributed by atoms with Gasteiger partial charge in [-0.2, -0.15) is 0 Å². The van der Waals surface area contributed by atoms with Crippen LogP contribution in [0.1, 0.15) is 39.0 Å². The van der Waals surface area contributed by atoms with Gasteiger partial charge in [0.1, 0.15) is 5.52 Å². The summed E-state index contributed by atoms with van der Waals surface area (Å²) in [6.45, 7) is 12.0. The molecule has 2 aliphatic rings. The van der Waals surface area contributed by atoms with Gasteiger partial charge in [-0.3, -0.25) is 9.88 Å². The summed E-state index contributed by atoms with van der Waals surface area (Å²) in [4.78, 5) is 19.4. The maximum Gasteiger partial charge on any atom is 0.198 e. The first-order valence-corrected chi connectivity index (χ1v) is 12.5. The first-order valence-electron chi connectivity index (χ1n) is 12.5. The number of hydrogen-bond acceptors (Lipinski definition) is 7. The van der Waals surface area contributed by atoms with Crippen LogP contribution in [0, 0.1) is 0 Å². The Labute approximate surface area is 200 Å². The maximum absolute atomic E-state index is 5.95. The first kappa shape index (κ1) is 21.5. The predicted octanol–water partition coefficient (Wildman–Crippen LogP) is 4.43. The van der Waals surface area contributed by atoms with Gasteiger partial charge in [-0.15, -0.1) is 0 Å². The molecule has 0 spiro atoms. The Balaban J connectivity index is 1.23. The van der Waals surface area contributed by atoms with E-state index in [1.165, 1.54) is 0 Å². The van der Waals surface area contributed by atoms with Gasteiger partial charge in [0, 0.05) is 56.3 Å². The van der Waals surface area contributed by atoms with Gasteiger partial charge in [0.2, 0.25) is 0 Å². The minimum Gasteiger partial charge on any atom is -0.440 e. The summed E-state index contributed by atoms with van der Waals surface area (Å²) >= 11 is 0. The van der Waals surface area contributed by atoms with Crippen LogP contribution in [-0.2, 0) is 0 Å². The fourth-order valence-corrected chi connectivity index (χ4v) is 5.01. The van der Waals surface area contributed by atoms with Gasteiger partial charge in [0.15, 0.2) is 11.5 Å². The van der Waals surface area contributed by atoms with Crippen molar-refractivity contribution in [3.63, 3.8) is 0 Å². The van der Waals surface area contributed by atoms with Gasteiger partial charge in [0.25, 0.3) is 0 Å². The van der Waals surface area contributed by atoms with E-state index >= 15 is 0 Å². The second-order valence-corrected chi connectivity index (χ2v) is 9.88. The third-order valence-electron chi connectivity index (χ3n) is 7.40. The normalized spacial score (nSPS) is 20.7. The van der Waals surface area contributed by atoms with E-state index in [0.717, 1.165) is 84.1 Å². The molecule has 0 aliphatic carbocycles. The lowest BCUT2D eigenvalue weighted by Gasteiger charge is -2.48. The van der Waals surface area contributed by atoms with Crippen LogP contribution in [0.3, 0.4) is 0 Å². The fraction of sp³-hybridized carbons (Fsp3) is 0.444. The molecule has 1 N–H and O–H groups in total. The molecule has 0 bridgehead atoms. The Morgan fingerprint density at radius 3 is 2.76 bits per heavy atom. The molecule has 2 fully saturated rings. The summed E-state index contributed by atoms with van der Waals surface area (Å²) in [7, 11) is 0. The molecule has 4 aromatic rings. The van der Waals surface area contributed by atoms with Crippen molar-refractivity contribution < 1.29 is 4.42 Å². The maximum atomic E-state index is 5.95. The van der Waals surface area contributed by atoms with Crippen LogP contribution in [0.2, 0.25) is 0 Å². The zero-order valence-electron chi connectivity index (χ0n) is 20.2. The number of rotatable bonds is 5. The van der Waals surface area contributed by atoms with E-state index in [1.807, 2.05) is 18.3 Å². The third kappa shape index (κ3) is 3.93. The van der Waals surface area contributed by atoms with Crippen molar-refractivity contribution >= 4 is 27.8 Å². The Morgan fingerprint density at radius 1 is 1.06 bits per heavy atom. The largest absolute Gasteiger partial charge is 0.440 e. The third-order valence-corrected chi connectivity index (χ3v) is 7.40. The molecule has 7 heteroatoms. The lowest BCUT2D eigenvalue weighted by molar-refractivity contribution is 0.127. The van der Waals surface area contributed by atoms with Crippen LogP contribution in [-0.4, -0.2) is 64.7 Å². The lowest BCUT2D eigenvalue weighted by atomic mass is 10.0. The molecule has 5 heterocycles. The second-order valence-electron chi connectivity index (χ2n) is 9.88. The van der Waals surface area contributed by atoms with Crippen LogP contribution in [0.5, 0.6) is 0 Å². The Hall–Kier alpha value is -3.03. The standard InChI is InChI=1S/C27H32N6O/c1-4-17(2)27-31-25-11-19(5-8-26(25)34-27)22-6-7-23-24(30-22)12-20(13-29-23)33-15-21(16-33)32-10-9-28-18(3)14-32/h5-8,11-13,17-18,21,28H,4,9-10,14-16H2,1-3H3. The van der Waals surface area contributed by atoms with Crippen LogP contribution >= 0.6 is 0 Å². The average molecular weight is 457 g/mol. The number of hydrogen-bond donors (Lipinski definition) is 1. The van der Waals surface area contributed by atoms with Crippen molar-refractivity contribution in [3.8, 4) is 11.3 Å². The van der Waals surface area contributed by atoms with E-state index in [1.54, 1.807) is 0 Å². The Bertz CT molecular complexity index is 1330. The van der Waals surface area contributed by atoms with Gasteiger partial charge < -0.3 is 14.6 Å². The minimum absolute atomic E-state index is 0.315.